The van der Waals surface area contributed by atoms with Crippen LogP contribution in [0.2, 0.25) is 0 Å². The van der Waals surface area contributed by atoms with E-state index in [0.29, 0.717) is 55.9 Å². The highest BCUT2D eigenvalue weighted by atomic mass is 16.5. The van der Waals surface area contributed by atoms with E-state index >= 15 is 0 Å². The molecule has 2 aliphatic heterocycles. The second-order valence-electron chi connectivity index (χ2n) is 8.26. The van der Waals surface area contributed by atoms with Crippen LogP contribution in [0.3, 0.4) is 0 Å². The molecule has 1 aromatic carbocycles. The largest absolute Gasteiger partial charge is 0.378 e. The molecule has 1 unspecified atom stereocenters. The monoisotopic (exact) mass is 439 g/mol. The number of ether oxygens (including phenoxy) is 1. The maximum Gasteiger partial charge on any atom is 0.254 e. The SMILES string of the molecule is Cc1cc(Nc2nc(N3CCCC(N)C3)ncc2C(N)=O)cc(C(=O)N2CCOCC2)c1. The van der Waals surface area contributed by atoms with Gasteiger partial charge in [0.2, 0.25) is 5.95 Å². The number of benzene rings is 1. The molecule has 1 aromatic heterocycles. The van der Waals surface area contributed by atoms with Gasteiger partial charge in [0.1, 0.15) is 11.4 Å². The van der Waals surface area contributed by atoms with Gasteiger partial charge in [-0.05, 0) is 43.5 Å². The van der Waals surface area contributed by atoms with Crippen LogP contribution in [0.15, 0.2) is 24.4 Å². The molecule has 2 amide bonds. The smallest absolute Gasteiger partial charge is 0.254 e. The molecular weight excluding hydrogens is 410 g/mol. The van der Waals surface area contributed by atoms with E-state index < -0.39 is 5.91 Å². The van der Waals surface area contributed by atoms with Crippen LogP contribution in [0.4, 0.5) is 17.5 Å². The van der Waals surface area contributed by atoms with Gasteiger partial charge in [-0.25, -0.2) is 4.98 Å². The van der Waals surface area contributed by atoms with E-state index in [2.05, 4.69) is 15.3 Å². The van der Waals surface area contributed by atoms with Crippen LogP contribution in [0, 0.1) is 6.92 Å². The molecule has 10 nitrogen and oxygen atoms in total. The first-order valence-electron chi connectivity index (χ1n) is 10.8. The van der Waals surface area contributed by atoms with Crippen LogP contribution in [0.25, 0.3) is 0 Å². The minimum absolute atomic E-state index is 0.0548. The van der Waals surface area contributed by atoms with Crippen molar-refractivity contribution in [1.82, 2.24) is 14.9 Å². The first-order chi connectivity index (χ1) is 15.4. The Morgan fingerprint density at radius 2 is 1.97 bits per heavy atom. The lowest BCUT2D eigenvalue weighted by Gasteiger charge is -2.31. The number of primary amides is 1. The first-order valence-corrected chi connectivity index (χ1v) is 10.8. The molecule has 0 spiro atoms. The van der Waals surface area contributed by atoms with Gasteiger partial charge in [-0.2, -0.15) is 4.98 Å². The average molecular weight is 440 g/mol. The fourth-order valence-corrected chi connectivity index (χ4v) is 4.06. The van der Waals surface area contributed by atoms with E-state index in [0.717, 1.165) is 24.9 Å². The Hall–Kier alpha value is -3.24. The van der Waals surface area contributed by atoms with Gasteiger partial charge in [-0.1, -0.05) is 0 Å². The lowest BCUT2D eigenvalue weighted by atomic mass is 10.1. The third-order valence-corrected chi connectivity index (χ3v) is 5.67. The quantitative estimate of drug-likeness (QED) is 0.628. The second-order valence-corrected chi connectivity index (χ2v) is 8.26. The highest BCUT2D eigenvalue weighted by molar-refractivity contribution is 5.99. The molecule has 170 valence electrons. The van der Waals surface area contributed by atoms with Crippen LogP contribution in [-0.2, 0) is 4.74 Å². The zero-order valence-corrected chi connectivity index (χ0v) is 18.2. The molecule has 0 saturated carbocycles. The number of carbonyl (C=O) groups excluding carboxylic acids is 2. The molecule has 0 radical (unpaired) electrons. The summed E-state index contributed by atoms with van der Waals surface area (Å²) in [7, 11) is 0. The van der Waals surface area contributed by atoms with E-state index in [9.17, 15) is 9.59 Å². The van der Waals surface area contributed by atoms with Gasteiger partial charge in [-0.15, -0.1) is 0 Å². The van der Waals surface area contributed by atoms with Crippen LogP contribution in [0.1, 0.15) is 39.1 Å². The van der Waals surface area contributed by atoms with E-state index in [1.165, 1.54) is 6.20 Å². The molecule has 0 bridgehead atoms. The van der Waals surface area contributed by atoms with Crippen molar-refractivity contribution in [1.29, 1.82) is 0 Å². The number of anilines is 3. The van der Waals surface area contributed by atoms with Crippen molar-refractivity contribution < 1.29 is 14.3 Å². The minimum atomic E-state index is -0.633. The molecule has 1 atom stereocenters. The molecular formula is C22H29N7O3. The summed E-state index contributed by atoms with van der Waals surface area (Å²) in [4.78, 5) is 37.6. The standard InChI is InChI=1S/C22H29N7O3/c1-14-9-15(21(31)28-5-7-32-8-6-28)11-17(10-14)26-20-18(19(24)30)12-25-22(27-20)29-4-2-3-16(23)13-29/h9-12,16H,2-8,13,23H2,1H3,(H2,24,30)(H,25,26,27). The van der Waals surface area contributed by atoms with Gasteiger partial charge in [0, 0.05) is 49.7 Å². The Morgan fingerprint density at radius 1 is 1.19 bits per heavy atom. The van der Waals surface area contributed by atoms with Gasteiger partial charge >= 0.3 is 0 Å². The molecule has 32 heavy (non-hydrogen) atoms. The number of aromatic nitrogens is 2. The molecule has 0 aliphatic carbocycles. The summed E-state index contributed by atoms with van der Waals surface area (Å²) < 4.78 is 5.34. The fourth-order valence-electron chi connectivity index (χ4n) is 4.06. The Morgan fingerprint density at radius 3 is 2.69 bits per heavy atom. The predicted octanol–water partition coefficient (Wildman–Crippen LogP) is 1.03. The molecule has 2 saturated heterocycles. The molecule has 5 N–H and O–H groups in total. The number of aryl methyl sites for hydroxylation is 1. The number of piperidine rings is 1. The lowest BCUT2D eigenvalue weighted by molar-refractivity contribution is 0.0303. The molecule has 2 fully saturated rings. The highest BCUT2D eigenvalue weighted by Crippen LogP contribution is 2.25. The highest BCUT2D eigenvalue weighted by Gasteiger charge is 2.22. The Kier molecular flexibility index (Phi) is 6.52. The van der Waals surface area contributed by atoms with Crippen LogP contribution >= 0.6 is 0 Å². The summed E-state index contributed by atoms with van der Waals surface area (Å²) >= 11 is 0. The number of rotatable bonds is 5. The summed E-state index contributed by atoms with van der Waals surface area (Å²) in [6.07, 6.45) is 3.35. The number of nitrogens with zero attached hydrogens (tertiary/aromatic N) is 4. The zero-order chi connectivity index (χ0) is 22.7. The Bertz CT molecular complexity index is 1010. The van der Waals surface area contributed by atoms with Crippen molar-refractivity contribution in [2.24, 2.45) is 11.5 Å². The summed E-state index contributed by atoms with van der Waals surface area (Å²) in [5.74, 6) is 0.106. The minimum Gasteiger partial charge on any atom is -0.378 e. The Balaban J connectivity index is 1.62. The fraction of sp³-hybridized carbons (Fsp3) is 0.455. The van der Waals surface area contributed by atoms with Crippen molar-refractivity contribution in [2.75, 3.05) is 49.6 Å². The first kappa shape index (κ1) is 22.0. The van der Waals surface area contributed by atoms with Crippen molar-refractivity contribution in [3.05, 3.63) is 41.1 Å². The number of hydrogen-bond acceptors (Lipinski definition) is 8. The van der Waals surface area contributed by atoms with Gasteiger partial charge in [-0.3, -0.25) is 9.59 Å². The topological polar surface area (TPSA) is 140 Å². The third-order valence-electron chi connectivity index (χ3n) is 5.67. The van der Waals surface area contributed by atoms with E-state index in [1.807, 2.05) is 24.0 Å². The summed E-state index contributed by atoms with van der Waals surface area (Å²) in [6.45, 7) is 5.56. The number of nitrogens with two attached hydrogens (primary N) is 2. The van der Waals surface area contributed by atoms with Crippen LogP contribution in [-0.4, -0.2) is 72.1 Å². The molecule has 2 aromatic rings. The summed E-state index contributed by atoms with van der Waals surface area (Å²) in [6, 6.07) is 5.55. The van der Waals surface area contributed by atoms with E-state index in [4.69, 9.17) is 16.2 Å². The van der Waals surface area contributed by atoms with Crippen molar-refractivity contribution in [3.8, 4) is 0 Å². The van der Waals surface area contributed by atoms with Gasteiger partial charge in [0.15, 0.2) is 0 Å². The maximum absolute atomic E-state index is 12.9. The third kappa shape index (κ3) is 4.97. The summed E-state index contributed by atoms with van der Waals surface area (Å²) in [5, 5.41) is 3.18. The number of nitrogens with one attached hydrogen (secondary N) is 1. The number of morpholine rings is 1. The van der Waals surface area contributed by atoms with Crippen molar-refractivity contribution in [3.63, 3.8) is 0 Å². The molecule has 4 rings (SSSR count). The molecule has 3 heterocycles. The molecule has 10 heteroatoms. The Labute approximate surface area is 186 Å². The number of amides is 2. The van der Waals surface area contributed by atoms with Gasteiger partial charge in [0.05, 0.1) is 13.2 Å². The average Bonchev–Trinajstić information content (AvgIpc) is 2.78. The van der Waals surface area contributed by atoms with Gasteiger partial charge < -0.3 is 31.3 Å². The van der Waals surface area contributed by atoms with Crippen LogP contribution in [0.5, 0.6) is 0 Å². The number of hydrogen-bond donors (Lipinski definition) is 3. The second kappa shape index (κ2) is 9.49. The maximum atomic E-state index is 12.9. The van der Waals surface area contributed by atoms with Crippen molar-refractivity contribution >= 4 is 29.3 Å². The number of carbonyl (C=O) groups is 2. The van der Waals surface area contributed by atoms with Gasteiger partial charge in [0.25, 0.3) is 11.8 Å². The predicted molar refractivity (Wildman–Crippen MR) is 121 cm³/mol. The van der Waals surface area contributed by atoms with Crippen molar-refractivity contribution in [2.45, 2.75) is 25.8 Å². The van der Waals surface area contributed by atoms with Crippen LogP contribution < -0.4 is 21.7 Å². The van der Waals surface area contributed by atoms with E-state index in [-0.39, 0.29) is 17.5 Å². The normalized spacial score (nSPS) is 19.0. The zero-order valence-electron chi connectivity index (χ0n) is 18.2. The summed E-state index contributed by atoms with van der Waals surface area (Å²) in [5.41, 5.74) is 13.9. The molecule has 2 aliphatic rings. The van der Waals surface area contributed by atoms with E-state index in [1.54, 1.807) is 11.0 Å². The lowest BCUT2D eigenvalue weighted by Crippen LogP contribution is -2.43.